The number of aryl methyl sites for hydroxylation is 1. The smallest absolute Gasteiger partial charge is 0.329 e. The normalized spacial score (nSPS) is 20.9. The number of amides is 1. The predicted molar refractivity (Wildman–Crippen MR) is 91.2 cm³/mol. The van der Waals surface area contributed by atoms with E-state index in [1.165, 1.54) is 23.3 Å². The summed E-state index contributed by atoms with van der Waals surface area (Å²) in [7, 11) is 0. The number of hydrogen-bond acceptors (Lipinski definition) is 4. The Balaban J connectivity index is 1.94. The Morgan fingerprint density at radius 3 is 2.83 bits per heavy atom. The van der Waals surface area contributed by atoms with Crippen molar-refractivity contribution in [3.05, 3.63) is 38.7 Å². The van der Waals surface area contributed by atoms with Crippen molar-refractivity contribution >= 4 is 16.9 Å². The van der Waals surface area contributed by atoms with Gasteiger partial charge < -0.3 is 5.32 Å². The summed E-state index contributed by atoms with van der Waals surface area (Å²) in [6.07, 6.45) is 5.84. The van der Waals surface area contributed by atoms with Crippen molar-refractivity contribution in [2.45, 2.75) is 52.1 Å². The number of aromatic nitrogens is 3. The molecular weight excluding hydrogens is 308 g/mol. The molecule has 0 spiro atoms. The van der Waals surface area contributed by atoms with Crippen LogP contribution in [0, 0.1) is 5.92 Å². The second-order valence-corrected chi connectivity index (χ2v) is 6.44. The highest BCUT2D eigenvalue weighted by Crippen LogP contribution is 2.24. The molecule has 2 aromatic rings. The predicted octanol–water partition coefficient (Wildman–Crippen LogP) is 1.41. The van der Waals surface area contributed by atoms with Gasteiger partial charge in [-0.3, -0.25) is 19.1 Å². The average Bonchev–Trinajstić information content (AvgIpc) is 2.57. The number of carbonyl (C=O) groups is 1. The molecule has 1 aliphatic carbocycles. The monoisotopic (exact) mass is 330 g/mol. The summed E-state index contributed by atoms with van der Waals surface area (Å²) in [5.74, 6) is 0.224. The number of pyridine rings is 1. The number of nitrogens with one attached hydrogen (secondary N) is 2. The van der Waals surface area contributed by atoms with Gasteiger partial charge in [0, 0.05) is 18.8 Å². The molecule has 2 heterocycles. The number of hydrogen-bond donors (Lipinski definition) is 2. The van der Waals surface area contributed by atoms with Crippen molar-refractivity contribution in [3.8, 4) is 0 Å². The van der Waals surface area contributed by atoms with Crippen LogP contribution in [0.3, 0.4) is 0 Å². The maximum absolute atomic E-state index is 12.5. The Hall–Kier alpha value is -2.44. The first-order valence-corrected chi connectivity index (χ1v) is 8.45. The molecule has 0 saturated heterocycles. The van der Waals surface area contributed by atoms with Crippen LogP contribution in [0.4, 0.5) is 0 Å². The molecule has 7 heteroatoms. The highest BCUT2D eigenvalue weighted by Gasteiger charge is 2.23. The summed E-state index contributed by atoms with van der Waals surface area (Å²) in [5, 5.41) is 3.30. The van der Waals surface area contributed by atoms with E-state index in [2.05, 4.69) is 22.2 Å². The Morgan fingerprint density at radius 1 is 1.38 bits per heavy atom. The zero-order valence-corrected chi connectivity index (χ0v) is 14.0. The molecule has 7 nitrogen and oxygen atoms in total. The number of nitrogens with zero attached hydrogens (tertiary/aromatic N) is 2. The number of aromatic amines is 1. The van der Waals surface area contributed by atoms with E-state index in [1.807, 2.05) is 0 Å². The number of fused-ring (bicyclic) bond motifs is 1. The van der Waals surface area contributed by atoms with Crippen LogP contribution in [-0.2, 0) is 6.54 Å². The fraction of sp³-hybridized carbons (Fsp3) is 0.529. The van der Waals surface area contributed by atoms with E-state index < -0.39 is 11.2 Å². The van der Waals surface area contributed by atoms with Crippen molar-refractivity contribution in [2.75, 3.05) is 0 Å². The van der Waals surface area contributed by atoms with E-state index in [9.17, 15) is 14.4 Å². The largest absolute Gasteiger partial charge is 0.349 e. The Bertz CT molecular complexity index is 884. The van der Waals surface area contributed by atoms with Crippen LogP contribution in [0.1, 0.15) is 49.9 Å². The van der Waals surface area contributed by atoms with Gasteiger partial charge in [-0.1, -0.05) is 19.8 Å². The molecule has 0 aromatic carbocycles. The third-order valence-corrected chi connectivity index (χ3v) is 4.84. The Morgan fingerprint density at radius 2 is 2.12 bits per heavy atom. The minimum absolute atomic E-state index is 0.157. The van der Waals surface area contributed by atoms with E-state index in [4.69, 9.17) is 0 Å². The van der Waals surface area contributed by atoms with Crippen LogP contribution >= 0.6 is 0 Å². The lowest BCUT2D eigenvalue weighted by Gasteiger charge is -2.29. The van der Waals surface area contributed by atoms with Crippen LogP contribution in [0.2, 0.25) is 0 Å². The van der Waals surface area contributed by atoms with Gasteiger partial charge in [-0.25, -0.2) is 9.78 Å². The fourth-order valence-corrected chi connectivity index (χ4v) is 3.37. The van der Waals surface area contributed by atoms with Crippen LogP contribution < -0.4 is 16.6 Å². The maximum atomic E-state index is 12.5. The lowest BCUT2D eigenvalue weighted by atomic mass is 9.86. The summed E-state index contributed by atoms with van der Waals surface area (Å²) in [5.41, 5.74) is -0.371. The van der Waals surface area contributed by atoms with E-state index >= 15 is 0 Å². The van der Waals surface area contributed by atoms with Crippen LogP contribution in [0.15, 0.2) is 21.9 Å². The van der Waals surface area contributed by atoms with Gasteiger partial charge in [0.25, 0.3) is 11.5 Å². The highest BCUT2D eigenvalue weighted by molar-refractivity contribution is 5.96. The maximum Gasteiger partial charge on any atom is 0.329 e. The zero-order valence-electron chi connectivity index (χ0n) is 14.0. The first-order chi connectivity index (χ1) is 11.5. The molecule has 1 fully saturated rings. The second-order valence-electron chi connectivity index (χ2n) is 6.44. The number of H-pyrrole nitrogens is 1. The van der Waals surface area contributed by atoms with Gasteiger partial charge in [0.2, 0.25) is 0 Å². The van der Waals surface area contributed by atoms with E-state index in [0.717, 1.165) is 19.3 Å². The molecule has 1 saturated carbocycles. The minimum atomic E-state index is -0.520. The van der Waals surface area contributed by atoms with Gasteiger partial charge in [-0.15, -0.1) is 0 Å². The molecule has 2 atom stereocenters. The first kappa shape index (κ1) is 16.4. The van der Waals surface area contributed by atoms with Crippen molar-refractivity contribution < 1.29 is 4.79 Å². The summed E-state index contributed by atoms with van der Waals surface area (Å²) >= 11 is 0. The molecule has 0 bridgehead atoms. The standard InChI is InChI=1S/C17H22N4O3/c1-3-21-14-12(16(23)20-17(21)24)8-11(9-18-14)15(22)19-13-7-5-4-6-10(13)2/h8-10,13H,3-7H2,1-2H3,(H,19,22)(H,20,23,24)/t10-,13+/m1/s1. The van der Waals surface area contributed by atoms with Gasteiger partial charge in [0.05, 0.1) is 10.9 Å². The van der Waals surface area contributed by atoms with Crippen LogP contribution in [0.5, 0.6) is 0 Å². The molecule has 128 valence electrons. The van der Waals surface area contributed by atoms with Crippen molar-refractivity contribution in [2.24, 2.45) is 5.92 Å². The average molecular weight is 330 g/mol. The van der Waals surface area contributed by atoms with Crippen molar-refractivity contribution in [1.29, 1.82) is 0 Å². The number of rotatable bonds is 3. The second kappa shape index (κ2) is 6.59. The molecule has 2 aromatic heterocycles. The quantitative estimate of drug-likeness (QED) is 0.889. The third-order valence-electron chi connectivity index (χ3n) is 4.84. The molecular formula is C17H22N4O3. The first-order valence-electron chi connectivity index (χ1n) is 8.45. The minimum Gasteiger partial charge on any atom is -0.349 e. The Kier molecular flexibility index (Phi) is 4.51. The lowest BCUT2D eigenvalue weighted by molar-refractivity contribution is 0.0910. The fourth-order valence-electron chi connectivity index (χ4n) is 3.37. The number of carbonyl (C=O) groups excluding carboxylic acids is 1. The molecule has 3 rings (SSSR count). The van der Waals surface area contributed by atoms with Gasteiger partial charge >= 0.3 is 5.69 Å². The zero-order chi connectivity index (χ0) is 17.3. The lowest BCUT2D eigenvalue weighted by Crippen LogP contribution is -2.41. The topological polar surface area (TPSA) is 96.9 Å². The molecule has 0 aliphatic heterocycles. The SMILES string of the molecule is CCn1c(=O)[nH]c(=O)c2cc(C(=O)N[C@H]3CCCC[C@H]3C)cnc21. The van der Waals surface area contributed by atoms with Gasteiger partial charge in [0.1, 0.15) is 5.65 Å². The summed E-state index contributed by atoms with van der Waals surface area (Å²) < 4.78 is 1.38. The summed E-state index contributed by atoms with van der Waals surface area (Å²) in [6.45, 7) is 4.34. The van der Waals surface area contributed by atoms with E-state index in [0.29, 0.717) is 23.7 Å². The van der Waals surface area contributed by atoms with E-state index in [1.54, 1.807) is 6.92 Å². The van der Waals surface area contributed by atoms with Gasteiger partial charge in [-0.05, 0) is 31.7 Å². The van der Waals surface area contributed by atoms with E-state index in [-0.39, 0.29) is 17.3 Å². The molecule has 1 aliphatic rings. The van der Waals surface area contributed by atoms with Gasteiger partial charge in [0.15, 0.2) is 0 Å². The van der Waals surface area contributed by atoms with Gasteiger partial charge in [-0.2, -0.15) is 0 Å². The highest BCUT2D eigenvalue weighted by atomic mass is 16.2. The summed E-state index contributed by atoms with van der Waals surface area (Å²) in [6, 6.07) is 1.67. The van der Waals surface area contributed by atoms with Crippen molar-refractivity contribution in [3.63, 3.8) is 0 Å². The molecule has 2 N–H and O–H groups in total. The molecule has 1 amide bonds. The molecule has 0 unspecified atom stereocenters. The van der Waals surface area contributed by atoms with Crippen LogP contribution in [-0.4, -0.2) is 26.5 Å². The Labute approximate surface area is 139 Å². The molecule has 0 radical (unpaired) electrons. The summed E-state index contributed by atoms with van der Waals surface area (Å²) in [4.78, 5) is 42.8. The third kappa shape index (κ3) is 2.98. The van der Waals surface area contributed by atoms with Crippen molar-refractivity contribution in [1.82, 2.24) is 19.9 Å². The van der Waals surface area contributed by atoms with Crippen LogP contribution in [0.25, 0.3) is 11.0 Å². The molecule has 24 heavy (non-hydrogen) atoms.